The van der Waals surface area contributed by atoms with E-state index >= 15 is 0 Å². The summed E-state index contributed by atoms with van der Waals surface area (Å²) in [6.45, 7) is 12.8. The molecule has 0 amide bonds. The molecule has 0 radical (unpaired) electrons. The van der Waals surface area contributed by atoms with Gasteiger partial charge in [-0.15, -0.1) is 0 Å². The fourth-order valence-electron chi connectivity index (χ4n) is 0. The number of hydrogen-bond donors (Lipinski definition) is 0. The van der Waals surface area contributed by atoms with Gasteiger partial charge in [-0.3, -0.25) is 6.08 Å². The molecule has 0 aliphatic heterocycles. The van der Waals surface area contributed by atoms with Crippen molar-refractivity contribution in [1.29, 1.82) is 0 Å². The van der Waals surface area contributed by atoms with Crippen LogP contribution in [0.25, 0.3) is 0 Å². The van der Waals surface area contributed by atoms with Gasteiger partial charge in [0.05, 0.1) is 0 Å². The summed E-state index contributed by atoms with van der Waals surface area (Å²) in [4.78, 5) is 0. The second kappa shape index (κ2) is 15.7. The third kappa shape index (κ3) is 1030. The van der Waals surface area contributed by atoms with Gasteiger partial charge in [0.2, 0.25) is 0 Å². The minimum Gasteiger partial charge on any atom is -0.518 e. The van der Waals surface area contributed by atoms with Crippen LogP contribution in [0.3, 0.4) is 0 Å². The summed E-state index contributed by atoms with van der Waals surface area (Å²) < 4.78 is 0. The molecule has 0 bridgehead atoms. The van der Waals surface area contributed by atoms with Crippen molar-refractivity contribution in [2.75, 3.05) is 0 Å². The van der Waals surface area contributed by atoms with Gasteiger partial charge in [-0.25, -0.2) is 0 Å². The SMILES string of the molecule is C[C-](C)C.[CH-]=CC.[W+2]. The first kappa shape index (κ1) is 15.8. The van der Waals surface area contributed by atoms with Crippen LogP contribution in [0.2, 0.25) is 0 Å². The molecule has 0 aliphatic rings. The molecule has 0 N–H and O–H groups in total. The van der Waals surface area contributed by atoms with E-state index < -0.39 is 0 Å². The van der Waals surface area contributed by atoms with Gasteiger partial charge in [-0.2, -0.15) is 20.8 Å². The van der Waals surface area contributed by atoms with E-state index in [2.05, 4.69) is 20.8 Å². The molecule has 0 atom stereocenters. The Balaban J connectivity index is -0.0000000575. The maximum Gasteiger partial charge on any atom is 2.00 e. The van der Waals surface area contributed by atoms with Gasteiger partial charge in [-0.05, 0) is 0 Å². The fourth-order valence-corrected chi connectivity index (χ4v) is 0. The summed E-state index contributed by atoms with van der Waals surface area (Å²) in [5, 5.41) is 0. The first-order valence-electron chi connectivity index (χ1n) is 2.41. The molecule has 0 fully saturated rings. The van der Waals surface area contributed by atoms with Crippen molar-refractivity contribution in [1.82, 2.24) is 0 Å². The second-order valence-electron chi connectivity index (χ2n) is 1.83. The Kier molecular flexibility index (Phi) is 30.9. The van der Waals surface area contributed by atoms with Crippen molar-refractivity contribution in [3.05, 3.63) is 18.6 Å². The number of rotatable bonds is 0. The minimum atomic E-state index is 0. The summed E-state index contributed by atoms with van der Waals surface area (Å²) in [5.41, 5.74) is 0. The molecular formula is C7H14W. The van der Waals surface area contributed by atoms with Crippen LogP contribution in [0, 0.1) is 12.5 Å². The van der Waals surface area contributed by atoms with Crippen LogP contribution in [0.1, 0.15) is 27.7 Å². The Morgan fingerprint density at radius 2 is 1.25 bits per heavy atom. The summed E-state index contributed by atoms with van der Waals surface area (Å²) in [5.74, 6) is 1.42. The van der Waals surface area contributed by atoms with Crippen molar-refractivity contribution >= 4 is 0 Å². The standard InChI is InChI=1S/C4H9.C3H5.W/c1-4(2)3;1-3-2;/h1-3H3;1,3H,2H3;/q2*-1;+2. The van der Waals surface area contributed by atoms with Gasteiger partial charge < -0.3 is 12.5 Å². The van der Waals surface area contributed by atoms with Gasteiger partial charge in [0.1, 0.15) is 0 Å². The third-order valence-corrected chi connectivity index (χ3v) is 0. The van der Waals surface area contributed by atoms with E-state index in [0.717, 1.165) is 0 Å². The molecule has 0 saturated heterocycles. The van der Waals surface area contributed by atoms with Crippen LogP contribution in [-0.2, 0) is 21.1 Å². The zero-order chi connectivity index (χ0) is 6.28. The Labute approximate surface area is 67.6 Å². The summed E-state index contributed by atoms with van der Waals surface area (Å²) in [7, 11) is 0. The van der Waals surface area contributed by atoms with Crippen molar-refractivity contribution in [3.8, 4) is 0 Å². The second-order valence-corrected chi connectivity index (χ2v) is 1.83. The molecule has 1 heteroatoms. The maximum atomic E-state index is 4.72. The first-order valence-corrected chi connectivity index (χ1v) is 2.41. The largest absolute Gasteiger partial charge is 2.00 e. The van der Waals surface area contributed by atoms with Crippen LogP contribution in [0.15, 0.2) is 6.08 Å². The van der Waals surface area contributed by atoms with E-state index in [1.54, 1.807) is 6.92 Å². The van der Waals surface area contributed by atoms with Crippen molar-refractivity contribution in [3.63, 3.8) is 0 Å². The quantitative estimate of drug-likeness (QED) is 0.599. The van der Waals surface area contributed by atoms with E-state index in [1.807, 2.05) is 0 Å². The molecule has 0 heterocycles. The van der Waals surface area contributed by atoms with Crippen molar-refractivity contribution < 1.29 is 21.1 Å². The number of hydrogen-bond acceptors (Lipinski definition) is 0. The average molecular weight is 282 g/mol. The normalized spacial score (nSPS) is 6.12. The molecule has 0 nitrogen and oxygen atoms in total. The van der Waals surface area contributed by atoms with Gasteiger partial charge in [-0.1, -0.05) is 6.92 Å². The van der Waals surface area contributed by atoms with Crippen LogP contribution >= 0.6 is 0 Å². The third-order valence-electron chi connectivity index (χ3n) is 0. The van der Waals surface area contributed by atoms with Gasteiger partial charge in [0, 0.05) is 0 Å². The molecule has 0 rings (SSSR count). The Bertz CT molecular complexity index is 28.6. The molecule has 0 unspecified atom stereocenters. The fraction of sp³-hybridized carbons (Fsp3) is 0.571. The molecule has 0 aliphatic carbocycles. The first-order chi connectivity index (χ1) is 3.15. The van der Waals surface area contributed by atoms with Crippen molar-refractivity contribution in [2.24, 2.45) is 0 Å². The predicted octanol–water partition coefficient (Wildman–Crippen LogP) is 2.61. The molecule has 0 aromatic heterocycles. The van der Waals surface area contributed by atoms with Crippen LogP contribution in [0.4, 0.5) is 0 Å². The average Bonchev–Trinajstić information content (AvgIpc) is 1.33. The molecule has 8 heavy (non-hydrogen) atoms. The van der Waals surface area contributed by atoms with E-state index in [-0.39, 0.29) is 21.1 Å². The van der Waals surface area contributed by atoms with E-state index in [1.165, 1.54) is 12.0 Å². The topological polar surface area (TPSA) is 0 Å². The van der Waals surface area contributed by atoms with Gasteiger partial charge in [0.15, 0.2) is 0 Å². The smallest absolute Gasteiger partial charge is 0.518 e. The van der Waals surface area contributed by atoms with Crippen LogP contribution in [0.5, 0.6) is 0 Å². The van der Waals surface area contributed by atoms with Gasteiger partial charge in [0.25, 0.3) is 0 Å². The molecule has 0 aromatic carbocycles. The zero-order valence-corrected chi connectivity index (χ0v) is 9.00. The minimum absolute atomic E-state index is 0. The van der Waals surface area contributed by atoms with E-state index in [0.29, 0.717) is 0 Å². The van der Waals surface area contributed by atoms with Gasteiger partial charge >= 0.3 is 21.1 Å². The zero-order valence-electron chi connectivity index (χ0n) is 6.06. The number of allylic oxidation sites excluding steroid dienone is 1. The molecular weight excluding hydrogens is 268 g/mol. The van der Waals surface area contributed by atoms with E-state index in [9.17, 15) is 0 Å². The molecule has 0 saturated carbocycles. The summed E-state index contributed by atoms with van der Waals surface area (Å²) in [6.07, 6.45) is 1.50. The summed E-state index contributed by atoms with van der Waals surface area (Å²) >= 11 is 0. The predicted molar refractivity (Wildman–Crippen MR) is 34.8 cm³/mol. The molecule has 48 valence electrons. The van der Waals surface area contributed by atoms with E-state index in [4.69, 9.17) is 6.58 Å². The Morgan fingerprint density at radius 3 is 1.25 bits per heavy atom. The van der Waals surface area contributed by atoms with Crippen LogP contribution in [-0.4, -0.2) is 0 Å². The Morgan fingerprint density at radius 1 is 1.25 bits per heavy atom. The Hall–Kier alpha value is 0.428. The summed E-state index contributed by atoms with van der Waals surface area (Å²) in [6, 6.07) is 0. The van der Waals surface area contributed by atoms with Crippen LogP contribution < -0.4 is 0 Å². The van der Waals surface area contributed by atoms with Crippen molar-refractivity contribution in [2.45, 2.75) is 27.7 Å². The molecule has 0 spiro atoms. The monoisotopic (exact) mass is 282 g/mol. The maximum absolute atomic E-state index is 4.72. The molecule has 0 aromatic rings.